The molecule has 1 unspecified atom stereocenters. The van der Waals surface area contributed by atoms with Crippen molar-refractivity contribution in [3.63, 3.8) is 0 Å². The van der Waals surface area contributed by atoms with Gasteiger partial charge in [-0.05, 0) is 33.7 Å². The van der Waals surface area contributed by atoms with Crippen LogP contribution in [0, 0.1) is 0 Å². The number of nitrogens with one attached hydrogen (secondary N) is 1. The van der Waals surface area contributed by atoms with Crippen molar-refractivity contribution >= 4 is 0 Å². The quantitative estimate of drug-likeness (QED) is 0.626. The van der Waals surface area contributed by atoms with Crippen molar-refractivity contribution in [1.82, 2.24) is 5.32 Å². The minimum absolute atomic E-state index is 0.0810. The average Bonchev–Trinajstić information content (AvgIpc) is 2.19. The minimum Gasteiger partial charge on any atom is -0.379 e. The Morgan fingerprint density at radius 3 is 2.07 bits per heavy atom. The molecule has 15 heavy (non-hydrogen) atoms. The van der Waals surface area contributed by atoms with Gasteiger partial charge in [-0.15, -0.1) is 0 Å². The molecule has 0 aliphatic rings. The lowest BCUT2D eigenvalue weighted by molar-refractivity contribution is -0.119. The average molecular weight is 219 g/mol. The van der Waals surface area contributed by atoms with Crippen LogP contribution in [0.2, 0.25) is 0 Å². The molecule has 0 bridgehead atoms. The van der Waals surface area contributed by atoms with E-state index in [1.807, 2.05) is 6.92 Å². The zero-order valence-corrected chi connectivity index (χ0v) is 10.8. The monoisotopic (exact) mass is 219 g/mol. The molecule has 0 spiro atoms. The highest BCUT2D eigenvalue weighted by atomic mass is 16.7. The summed E-state index contributed by atoms with van der Waals surface area (Å²) in [5, 5.41) is 3.34. The van der Waals surface area contributed by atoms with Crippen LogP contribution in [0.3, 0.4) is 0 Å². The summed E-state index contributed by atoms with van der Waals surface area (Å²) in [4.78, 5) is 0. The van der Waals surface area contributed by atoms with Crippen LogP contribution >= 0.6 is 0 Å². The molecule has 0 fully saturated rings. The van der Waals surface area contributed by atoms with E-state index in [4.69, 9.17) is 14.2 Å². The van der Waals surface area contributed by atoms with Crippen LogP contribution in [0.4, 0.5) is 0 Å². The van der Waals surface area contributed by atoms with E-state index >= 15 is 0 Å². The topological polar surface area (TPSA) is 39.7 Å². The molecule has 4 nitrogen and oxygen atoms in total. The molecule has 0 saturated carbocycles. The van der Waals surface area contributed by atoms with Crippen LogP contribution < -0.4 is 5.32 Å². The van der Waals surface area contributed by atoms with Crippen LogP contribution in [0.25, 0.3) is 0 Å². The SMILES string of the molecule is COC(OC)C(C)NCCC(C)(C)OC. The summed E-state index contributed by atoms with van der Waals surface area (Å²) in [6, 6.07) is 0.174. The molecule has 1 atom stereocenters. The third-order valence-electron chi connectivity index (χ3n) is 2.62. The van der Waals surface area contributed by atoms with Crippen molar-refractivity contribution in [3.8, 4) is 0 Å². The lowest BCUT2D eigenvalue weighted by atomic mass is 10.1. The van der Waals surface area contributed by atoms with Gasteiger partial charge in [-0.3, -0.25) is 0 Å². The molecule has 4 heteroatoms. The molecule has 0 saturated heterocycles. The molecule has 0 amide bonds. The highest BCUT2D eigenvalue weighted by Gasteiger charge is 2.18. The van der Waals surface area contributed by atoms with Crippen LogP contribution in [0.1, 0.15) is 27.2 Å². The first kappa shape index (κ1) is 14.8. The number of hydrogen-bond donors (Lipinski definition) is 1. The van der Waals surface area contributed by atoms with E-state index in [0.29, 0.717) is 0 Å². The molecule has 0 aromatic rings. The van der Waals surface area contributed by atoms with Gasteiger partial charge in [-0.2, -0.15) is 0 Å². The van der Waals surface area contributed by atoms with Crippen LogP contribution in [-0.2, 0) is 14.2 Å². The van der Waals surface area contributed by atoms with Crippen LogP contribution in [0.5, 0.6) is 0 Å². The van der Waals surface area contributed by atoms with Gasteiger partial charge in [0.15, 0.2) is 6.29 Å². The first-order valence-electron chi connectivity index (χ1n) is 5.31. The lowest BCUT2D eigenvalue weighted by Gasteiger charge is -2.26. The Bertz CT molecular complexity index is 158. The molecule has 0 aromatic carbocycles. The first-order chi connectivity index (χ1) is 6.96. The van der Waals surface area contributed by atoms with Crippen molar-refractivity contribution < 1.29 is 14.2 Å². The second kappa shape index (κ2) is 7.17. The summed E-state index contributed by atoms with van der Waals surface area (Å²) in [6.45, 7) is 7.07. The Balaban J connectivity index is 3.76. The molecule has 0 aromatic heterocycles. The summed E-state index contributed by atoms with van der Waals surface area (Å²) in [6.07, 6.45) is 0.754. The van der Waals surface area contributed by atoms with Gasteiger partial charge in [-0.1, -0.05) is 0 Å². The van der Waals surface area contributed by atoms with Gasteiger partial charge in [0.05, 0.1) is 11.6 Å². The number of rotatable bonds is 8. The van der Waals surface area contributed by atoms with Gasteiger partial charge in [0.25, 0.3) is 0 Å². The van der Waals surface area contributed by atoms with Crippen molar-refractivity contribution in [2.24, 2.45) is 0 Å². The number of ether oxygens (including phenoxy) is 3. The van der Waals surface area contributed by atoms with Gasteiger partial charge in [-0.25, -0.2) is 0 Å². The van der Waals surface area contributed by atoms with E-state index in [2.05, 4.69) is 19.2 Å². The van der Waals surface area contributed by atoms with E-state index in [1.165, 1.54) is 0 Å². The summed E-state index contributed by atoms with van der Waals surface area (Å²) in [5.41, 5.74) is -0.0810. The van der Waals surface area contributed by atoms with Gasteiger partial charge in [0.1, 0.15) is 0 Å². The third kappa shape index (κ3) is 6.10. The molecular weight excluding hydrogens is 194 g/mol. The van der Waals surface area contributed by atoms with Gasteiger partial charge in [0.2, 0.25) is 0 Å². The van der Waals surface area contributed by atoms with Gasteiger partial charge in [0, 0.05) is 21.3 Å². The summed E-state index contributed by atoms with van der Waals surface area (Å²) < 4.78 is 15.6. The van der Waals surface area contributed by atoms with Gasteiger partial charge >= 0.3 is 0 Å². The lowest BCUT2D eigenvalue weighted by Crippen LogP contribution is -2.41. The molecule has 92 valence electrons. The molecule has 0 aliphatic heterocycles. The highest BCUT2D eigenvalue weighted by molar-refractivity contribution is 4.72. The smallest absolute Gasteiger partial charge is 0.171 e. The van der Waals surface area contributed by atoms with Crippen LogP contribution in [0.15, 0.2) is 0 Å². The zero-order chi connectivity index (χ0) is 11.9. The molecule has 0 heterocycles. The second-order valence-electron chi connectivity index (χ2n) is 4.30. The number of methoxy groups -OCH3 is 3. The maximum absolute atomic E-state index is 5.33. The van der Waals surface area contributed by atoms with E-state index in [9.17, 15) is 0 Å². The summed E-state index contributed by atoms with van der Waals surface area (Å²) in [7, 11) is 5.02. The van der Waals surface area contributed by atoms with E-state index in [0.717, 1.165) is 13.0 Å². The Labute approximate surface area is 93.3 Å². The minimum atomic E-state index is -0.198. The Morgan fingerprint density at radius 2 is 1.67 bits per heavy atom. The standard InChI is InChI=1S/C11H25NO3/c1-9(10(13-4)14-5)12-8-7-11(2,3)15-6/h9-10,12H,7-8H2,1-6H3. The largest absolute Gasteiger partial charge is 0.379 e. The first-order valence-corrected chi connectivity index (χ1v) is 5.31. The molecule has 0 rings (SSSR count). The van der Waals surface area contributed by atoms with Crippen molar-refractivity contribution in [3.05, 3.63) is 0 Å². The fraction of sp³-hybridized carbons (Fsp3) is 1.00. The predicted molar refractivity (Wildman–Crippen MR) is 61.0 cm³/mol. The number of hydrogen-bond acceptors (Lipinski definition) is 4. The van der Waals surface area contributed by atoms with Crippen molar-refractivity contribution in [1.29, 1.82) is 0 Å². The van der Waals surface area contributed by atoms with Crippen molar-refractivity contribution in [2.75, 3.05) is 27.9 Å². The Hall–Kier alpha value is -0.160. The molecule has 0 radical (unpaired) electrons. The third-order valence-corrected chi connectivity index (χ3v) is 2.62. The maximum atomic E-state index is 5.33. The second-order valence-corrected chi connectivity index (χ2v) is 4.30. The Morgan fingerprint density at radius 1 is 1.13 bits per heavy atom. The zero-order valence-electron chi connectivity index (χ0n) is 10.8. The normalized spacial score (nSPS) is 14.6. The fourth-order valence-electron chi connectivity index (χ4n) is 1.30. The fourth-order valence-corrected chi connectivity index (χ4v) is 1.30. The maximum Gasteiger partial charge on any atom is 0.171 e. The van der Waals surface area contributed by atoms with E-state index in [1.54, 1.807) is 21.3 Å². The van der Waals surface area contributed by atoms with Gasteiger partial charge < -0.3 is 19.5 Å². The predicted octanol–water partition coefficient (Wildman–Crippen LogP) is 1.40. The van der Waals surface area contributed by atoms with E-state index < -0.39 is 0 Å². The highest BCUT2D eigenvalue weighted by Crippen LogP contribution is 2.11. The molecular formula is C11H25NO3. The van der Waals surface area contributed by atoms with Crippen molar-refractivity contribution in [2.45, 2.75) is 45.1 Å². The summed E-state index contributed by atoms with van der Waals surface area (Å²) in [5.74, 6) is 0. The van der Waals surface area contributed by atoms with Crippen LogP contribution in [-0.4, -0.2) is 45.8 Å². The Kier molecular flexibility index (Phi) is 7.09. The van der Waals surface area contributed by atoms with E-state index in [-0.39, 0.29) is 17.9 Å². The summed E-state index contributed by atoms with van der Waals surface area (Å²) >= 11 is 0. The molecule has 1 N–H and O–H groups in total. The molecule has 0 aliphatic carbocycles.